The summed E-state index contributed by atoms with van der Waals surface area (Å²) in [5.74, 6) is 0.709. The second kappa shape index (κ2) is 13.7. The number of hydrogen-bond donors (Lipinski definition) is 0. The molecule has 2 aromatic carbocycles. The highest BCUT2D eigenvalue weighted by Gasteiger charge is 2.12. The first-order valence-corrected chi connectivity index (χ1v) is 12.3. The number of benzene rings is 2. The molecule has 0 aliphatic heterocycles. The van der Waals surface area contributed by atoms with E-state index >= 15 is 0 Å². The van der Waals surface area contributed by atoms with Crippen LogP contribution in [0.4, 0.5) is 8.78 Å². The van der Waals surface area contributed by atoms with E-state index in [-0.39, 0.29) is 16.8 Å². The van der Waals surface area contributed by atoms with Crippen molar-refractivity contribution >= 4 is 11.0 Å². The van der Waals surface area contributed by atoms with Gasteiger partial charge in [-0.1, -0.05) is 76.8 Å². The Hall–Kier alpha value is -2.89. The van der Waals surface area contributed by atoms with Gasteiger partial charge >= 0.3 is 6.61 Å². The lowest BCUT2D eigenvalue weighted by Crippen LogP contribution is -2.06. The van der Waals surface area contributed by atoms with Gasteiger partial charge in [-0.3, -0.25) is 4.79 Å². The molecule has 1 heterocycles. The molecule has 3 aromatic rings. The fourth-order valence-corrected chi connectivity index (χ4v) is 3.99. The quantitative estimate of drug-likeness (QED) is 0.209. The third-order valence-corrected chi connectivity index (χ3v) is 5.90. The van der Waals surface area contributed by atoms with Gasteiger partial charge in [0.25, 0.3) is 0 Å². The van der Waals surface area contributed by atoms with Crippen LogP contribution < -0.4 is 14.9 Å². The maximum absolute atomic E-state index is 12.9. The van der Waals surface area contributed by atoms with Gasteiger partial charge in [-0.15, -0.1) is 0 Å². The fraction of sp³-hybridized carbons (Fsp3) is 0.464. The molecule has 0 aliphatic carbocycles. The Kier molecular flexibility index (Phi) is 10.4. The van der Waals surface area contributed by atoms with E-state index < -0.39 is 6.61 Å². The molecule has 3 rings (SSSR count). The van der Waals surface area contributed by atoms with Crippen molar-refractivity contribution < 1.29 is 22.7 Å². The van der Waals surface area contributed by atoms with Crippen LogP contribution in [0.3, 0.4) is 0 Å². The highest BCUT2D eigenvalue weighted by Crippen LogP contribution is 2.25. The van der Waals surface area contributed by atoms with Crippen molar-refractivity contribution in [3.8, 4) is 22.6 Å². The molecule has 0 saturated carbocycles. The van der Waals surface area contributed by atoms with E-state index in [2.05, 4.69) is 11.7 Å². The van der Waals surface area contributed by atoms with Crippen molar-refractivity contribution in [1.82, 2.24) is 0 Å². The summed E-state index contributed by atoms with van der Waals surface area (Å²) < 4.78 is 40.5. The molecule has 0 aliphatic rings. The van der Waals surface area contributed by atoms with Crippen LogP contribution in [0.15, 0.2) is 57.9 Å². The highest BCUT2D eigenvalue weighted by atomic mass is 19.3. The molecule has 34 heavy (non-hydrogen) atoms. The predicted octanol–water partition coefficient (Wildman–Crippen LogP) is 8.36. The number of unbranched alkanes of at least 4 members (excludes halogenated alkanes) is 9. The normalized spacial score (nSPS) is 11.3. The first kappa shape index (κ1) is 25.7. The second-order valence-electron chi connectivity index (χ2n) is 8.57. The fourth-order valence-electron chi connectivity index (χ4n) is 3.99. The lowest BCUT2D eigenvalue weighted by atomic mass is 10.1. The number of hydrogen-bond acceptors (Lipinski definition) is 4. The minimum atomic E-state index is -2.94. The topological polar surface area (TPSA) is 48.7 Å². The monoisotopic (exact) mass is 472 g/mol. The molecule has 0 fully saturated rings. The van der Waals surface area contributed by atoms with E-state index in [0.29, 0.717) is 23.1 Å². The minimum Gasteiger partial charge on any atom is -0.494 e. The van der Waals surface area contributed by atoms with Gasteiger partial charge in [-0.05, 0) is 36.2 Å². The van der Waals surface area contributed by atoms with Crippen LogP contribution in [-0.4, -0.2) is 13.2 Å². The van der Waals surface area contributed by atoms with Crippen molar-refractivity contribution in [3.63, 3.8) is 0 Å². The van der Waals surface area contributed by atoms with Crippen LogP contribution in [0.25, 0.3) is 22.1 Å². The summed E-state index contributed by atoms with van der Waals surface area (Å²) in [6, 6.07) is 11.4. The largest absolute Gasteiger partial charge is 0.494 e. The summed E-state index contributed by atoms with van der Waals surface area (Å²) in [6.07, 6.45) is 14.2. The summed E-state index contributed by atoms with van der Waals surface area (Å²) in [4.78, 5) is 12.9. The van der Waals surface area contributed by atoms with Crippen LogP contribution >= 0.6 is 0 Å². The second-order valence-corrected chi connectivity index (χ2v) is 8.57. The Labute approximate surface area is 199 Å². The first-order valence-electron chi connectivity index (χ1n) is 12.3. The SMILES string of the molecule is CCCCCCCCCCCCOc1ccc(-c2coc3cc(OC(F)F)ccc3c2=O)cc1. The summed E-state index contributed by atoms with van der Waals surface area (Å²) in [7, 11) is 0. The smallest absolute Gasteiger partial charge is 0.387 e. The summed E-state index contributed by atoms with van der Waals surface area (Å²) in [6.45, 7) is -0.0132. The van der Waals surface area contributed by atoms with E-state index in [1.165, 1.54) is 82.2 Å². The average molecular weight is 473 g/mol. The molecule has 0 amide bonds. The maximum Gasteiger partial charge on any atom is 0.387 e. The number of fused-ring (bicyclic) bond motifs is 1. The first-order chi connectivity index (χ1) is 16.6. The van der Waals surface area contributed by atoms with E-state index in [1.54, 1.807) is 0 Å². The molecule has 0 saturated heterocycles. The Balaban J connectivity index is 1.45. The van der Waals surface area contributed by atoms with Crippen molar-refractivity contribution in [3.05, 3.63) is 59.0 Å². The zero-order valence-corrected chi connectivity index (χ0v) is 19.9. The lowest BCUT2D eigenvalue weighted by Gasteiger charge is -2.08. The van der Waals surface area contributed by atoms with E-state index in [1.807, 2.05) is 24.3 Å². The molecule has 0 spiro atoms. The Bertz CT molecular complexity index is 1060. The molecule has 4 nitrogen and oxygen atoms in total. The van der Waals surface area contributed by atoms with Gasteiger partial charge in [-0.2, -0.15) is 8.78 Å². The summed E-state index contributed by atoms with van der Waals surface area (Å²) in [5, 5.41) is 0.306. The molecule has 0 atom stereocenters. The third kappa shape index (κ3) is 7.86. The maximum atomic E-state index is 12.9. The summed E-state index contributed by atoms with van der Waals surface area (Å²) in [5.41, 5.74) is 1.07. The summed E-state index contributed by atoms with van der Waals surface area (Å²) >= 11 is 0. The van der Waals surface area contributed by atoms with E-state index in [9.17, 15) is 13.6 Å². The molecular weight excluding hydrogens is 438 g/mol. The molecule has 0 unspecified atom stereocenters. The average Bonchev–Trinajstić information content (AvgIpc) is 2.83. The predicted molar refractivity (Wildman–Crippen MR) is 132 cm³/mol. The van der Waals surface area contributed by atoms with Crippen molar-refractivity contribution in [1.29, 1.82) is 0 Å². The van der Waals surface area contributed by atoms with Crippen molar-refractivity contribution in [2.24, 2.45) is 0 Å². The molecule has 0 N–H and O–H groups in total. The molecule has 184 valence electrons. The standard InChI is InChI=1S/C28H34F2O4/c1-2-3-4-5-6-7-8-9-10-11-18-32-22-14-12-21(13-15-22)25-20-33-26-19-23(34-28(29)30)16-17-24(26)27(25)31/h12-17,19-20,28H,2-11,18H2,1H3. The van der Waals surface area contributed by atoms with Gasteiger partial charge in [0, 0.05) is 6.07 Å². The van der Waals surface area contributed by atoms with Crippen LogP contribution in [0.1, 0.15) is 71.1 Å². The van der Waals surface area contributed by atoms with Gasteiger partial charge in [-0.25, -0.2) is 0 Å². The van der Waals surface area contributed by atoms with Crippen molar-refractivity contribution in [2.45, 2.75) is 77.7 Å². The zero-order chi connectivity index (χ0) is 24.2. The lowest BCUT2D eigenvalue weighted by molar-refractivity contribution is -0.0497. The molecule has 1 aromatic heterocycles. The van der Waals surface area contributed by atoms with Crippen LogP contribution in [0.2, 0.25) is 0 Å². The molecule has 6 heteroatoms. The number of ether oxygens (including phenoxy) is 2. The minimum absolute atomic E-state index is 0.0534. The van der Waals surface area contributed by atoms with Crippen LogP contribution in [0, 0.1) is 0 Å². The number of rotatable bonds is 15. The van der Waals surface area contributed by atoms with Gasteiger partial charge < -0.3 is 13.9 Å². The Morgan fingerprint density at radius 1 is 0.824 bits per heavy atom. The zero-order valence-electron chi connectivity index (χ0n) is 19.9. The van der Waals surface area contributed by atoms with E-state index in [0.717, 1.165) is 12.2 Å². The number of alkyl halides is 2. The van der Waals surface area contributed by atoms with E-state index in [4.69, 9.17) is 9.15 Å². The van der Waals surface area contributed by atoms with Gasteiger partial charge in [0.15, 0.2) is 5.43 Å². The highest BCUT2D eigenvalue weighted by molar-refractivity contribution is 5.82. The van der Waals surface area contributed by atoms with Gasteiger partial charge in [0.05, 0.1) is 17.6 Å². The molecule has 0 radical (unpaired) electrons. The number of halogens is 2. The molecule has 0 bridgehead atoms. The van der Waals surface area contributed by atoms with Gasteiger partial charge in [0.1, 0.15) is 23.3 Å². The Morgan fingerprint density at radius 3 is 2.09 bits per heavy atom. The van der Waals surface area contributed by atoms with Gasteiger partial charge in [0.2, 0.25) is 0 Å². The van der Waals surface area contributed by atoms with Crippen LogP contribution in [0.5, 0.6) is 11.5 Å². The van der Waals surface area contributed by atoms with Crippen LogP contribution in [-0.2, 0) is 0 Å². The Morgan fingerprint density at radius 2 is 1.44 bits per heavy atom. The molecular formula is C28H34F2O4. The van der Waals surface area contributed by atoms with Crippen molar-refractivity contribution in [2.75, 3.05) is 6.61 Å². The third-order valence-electron chi connectivity index (χ3n) is 5.90.